The Morgan fingerprint density at radius 3 is 1.29 bits per heavy atom. The summed E-state index contributed by atoms with van der Waals surface area (Å²) in [6.07, 6.45) is 23.7. The van der Waals surface area contributed by atoms with Gasteiger partial charge >= 0.3 is 51.4 Å². The summed E-state index contributed by atoms with van der Waals surface area (Å²) in [5.74, 6) is -0.945. The van der Waals surface area contributed by atoms with Gasteiger partial charge in [-0.2, -0.15) is 0 Å². The number of nitrogens with zero attached hydrogens (tertiary/aromatic N) is 1. The van der Waals surface area contributed by atoms with E-state index in [0.29, 0.717) is 0 Å². The smallest absolute Gasteiger partial charge is 0.549 e. The predicted molar refractivity (Wildman–Crippen MR) is 116 cm³/mol. The summed E-state index contributed by atoms with van der Waals surface area (Å²) in [5.41, 5.74) is 0. The molecular weight excluding hydrogens is 373 g/mol. The number of carbonyl (C=O) groups is 1. The molecule has 0 fully saturated rings. The molecule has 0 aromatic heterocycles. The normalized spacial score (nSPS) is 10.6. The molecule has 0 N–H and O–H groups in total. The fraction of sp³-hybridized carbons (Fsp3) is 0.792. The van der Waals surface area contributed by atoms with Gasteiger partial charge in [-0.3, -0.25) is 4.90 Å². The summed E-state index contributed by atoms with van der Waals surface area (Å²) in [7, 11) is 0. The molecule has 0 saturated carbocycles. The Labute approximate surface area is 217 Å². The maximum Gasteiger partial charge on any atom is 1.00 e. The van der Waals surface area contributed by atoms with Crippen molar-refractivity contribution in [2.75, 3.05) is 19.6 Å². The van der Waals surface area contributed by atoms with Crippen LogP contribution < -0.4 is 56.5 Å². The van der Waals surface area contributed by atoms with Crippen LogP contribution >= 0.6 is 0 Å². The number of aliphatic carboxylic acids is 1. The second kappa shape index (κ2) is 25.6. The topological polar surface area (TPSA) is 43.4 Å². The minimum Gasteiger partial charge on any atom is -0.549 e. The second-order valence-corrected chi connectivity index (χ2v) is 7.75. The molecule has 0 spiro atoms. The molecule has 0 aliphatic heterocycles. The van der Waals surface area contributed by atoms with E-state index in [-0.39, 0.29) is 57.9 Å². The van der Waals surface area contributed by atoms with Gasteiger partial charge in [0.05, 0.1) is 5.97 Å². The number of rotatable bonds is 22. The van der Waals surface area contributed by atoms with Gasteiger partial charge in [0, 0.05) is 6.54 Å². The molecule has 0 bridgehead atoms. The first-order valence-corrected chi connectivity index (χ1v) is 11.3. The Morgan fingerprint density at radius 2 is 0.964 bits per heavy atom. The molecule has 0 aliphatic carbocycles. The van der Waals surface area contributed by atoms with Gasteiger partial charge in [0.2, 0.25) is 0 Å². The number of carboxylic acids is 1. The average Bonchev–Trinajstić information content (AvgIpc) is 2.64. The maximum atomic E-state index is 11.0. The Hall–Kier alpha value is 0.546. The van der Waals surface area contributed by atoms with Crippen LogP contribution in [0.2, 0.25) is 0 Å². The molecule has 0 aromatic rings. The van der Waals surface area contributed by atoms with Crippen molar-refractivity contribution in [2.24, 2.45) is 0 Å². The second-order valence-electron chi connectivity index (χ2n) is 7.75. The summed E-state index contributed by atoms with van der Waals surface area (Å²) in [6.45, 7) is 9.38. The van der Waals surface area contributed by atoms with E-state index in [1.54, 1.807) is 0 Å². The largest absolute Gasteiger partial charge is 1.00 e. The van der Waals surface area contributed by atoms with Crippen molar-refractivity contribution < 1.29 is 61.3 Å². The molecule has 0 heterocycles. The molecule has 3 nitrogen and oxygen atoms in total. The Bertz CT molecular complexity index is 335. The van der Waals surface area contributed by atoms with Gasteiger partial charge in [-0.15, -0.1) is 13.2 Å². The summed E-state index contributed by atoms with van der Waals surface area (Å²) in [6, 6.07) is 0. The van der Waals surface area contributed by atoms with E-state index >= 15 is 0 Å². The number of unbranched alkanes of at least 4 members (excludes halogenated alkanes) is 14. The number of allylic oxidation sites excluding steroid dienone is 2. The molecule has 28 heavy (non-hydrogen) atoms. The van der Waals surface area contributed by atoms with Crippen LogP contribution in [0.1, 0.15) is 103 Å². The van der Waals surface area contributed by atoms with Crippen molar-refractivity contribution in [3.05, 3.63) is 25.3 Å². The van der Waals surface area contributed by atoms with Crippen molar-refractivity contribution in [1.82, 2.24) is 4.90 Å². The van der Waals surface area contributed by atoms with Gasteiger partial charge in [0.1, 0.15) is 0 Å². The quantitative estimate of drug-likeness (QED) is 0.154. The van der Waals surface area contributed by atoms with E-state index in [1.807, 2.05) is 12.2 Å². The zero-order chi connectivity index (χ0) is 20.0. The first-order chi connectivity index (χ1) is 13.2. The molecule has 0 atom stereocenters. The van der Waals surface area contributed by atoms with Crippen LogP contribution in [0.3, 0.4) is 0 Å². The fourth-order valence-corrected chi connectivity index (χ4v) is 3.47. The van der Waals surface area contributed by atoms with Crippen LogP contribution in [-0.4, -0.2) is 30.5 Å². The van der Waals surface area contributed by atoms with Crippen molar-refractivity contribution in [1.29, 1.82) is 0 Å². The van der Waals surface area contributed by atoms with Crippen molar-refractivity contribution in [2.45, 2.75) is 103 Å². The number of carboxylic acid groups (broad SMARTS) is 1. The predicted octanol–water partition coefficient (Wildman–Crippen LogP) is 2.66. The van der Waals surface area contributed by atoms with Crippen LogP contribution in [0, 0.1) is 0 Å². The summed E-state index contributed by atoms with van der Waals surface area (Å²) in [5, 5.41) is 11.0. The molecule has 0 unspecified atom stereocenters. The van der Waals surface area contributed by atoms with Crippen molar-refractivity contribution in [3.63, 3.8) is 0 Å². The summed E-state index contributed by atoms with van der Waals surface area (Å²) in [4.78, 5) is 13.0. The van der Waals surface area contributed by atoms with Crippen molar-refractivity contribution >= 4 is 5.97 Å². The monoisotopic (exact) mass is 417 g/mol. The standard InChI is InChI=1S/C24H45NO2.K/c1-3-5-7-9-11-13-15-17-19-21-25(23-24(26)27)22-20-18-16-14-12-10-8-6-4-2;/h3-4H,1-2,5-23H2,(H,26,27);/q;+1/p-1. The molecule has 0 amide bonds. The first kappa shape index (κ1) is 30.7. The molecule has 0 aliphatic rings. The van der Waals surface area contributed by atoms with E-state index in [1.165, 1.54) is 77.0 Å². The molecule has 4 heteroatoms. The molecule has 0 saturated heterocycles. The first-order valence-electron chi connectivity index (χ1n) is 11.3. The van der Waals surface area contributed by atoms with E-state index in [0.717, 1.165) is 38.8 Å². The Balaban J connectivity index is 0. The zero-order valence-corrected chi connectivity index (χ0v) is 21.9. The van der Waals surface area contributed by atoms with Crippen LogP contribution in [0.25, 0.3) is 0 Å². The number of carbonyl (C=O) groups excluding carboxylic acids is 1. The fourth-order valence-electron chi connectivity index (χ4n) is 3.47. The summed E-state index contributed by atoms with van der Waals surface area (Å²) >= 11 is 0. The minimum absolute atomic E-state index is 0. The van der Waals surface area contributed by atoms with Crippen LogP contribution in [0.15, 0.2) is 25.3 Å². The van der Waals surface area contributed by atoms with Gasteiger partial charge in [-0.25, -0.2) is 0 Å². The van der Waals surface area contributed by atoms with Crippen molar-refractivity contribution in [3.8, 4) is 0 Å². The van der Waals surface area contributed by atoms with E-state index < -0.39 is 5.97 Å². The van der Waals surface area contributed by atoms with E-state index in [9.17, 15) is 9.90 Å². The third-order valence-electron chi connectivity index (χ3n) is 5.12. The molecule has 0 aromatic carbocycles. The number of hydrogen-bond donors (Lipinski definition) is 0. The SMILES string of the molecule is C=CCCCCCCCCCN(CCCCCCCCCC=C)CC(=O)[O-].[K+]. The van der Waals surface area contributed by atoms with Crippen LogP contribution in [-0.2, 0) is 4.79 Å². The Morgan fingerprint density at radius 1 is 0.643 bits per heavy atom. The third-order valence-corrected chi connectivity index (χ3v) is 5.12. The summed E-state index contributed by atoms with van der Waals surface area (Å²) < 4.78 is 0. The molecule has 0 rings (SSSR count). The molecule has 0 radical (unpaired) electrons. The van der Waals surface area contributed by atoms with E-state index in [4.69, 9.17) is 0 Å². The number of hydrogen-bond acceptors (Lipinski definition) is 3. The van der Waals surface area contributed by atoms with Crippen LogP contribution in [0.5, 0.6) is 0 Å². The zero-order valence-electron chi connectivity index (χ0n) is 18.8. The molecular formula is C24H44KNO2. The van der Waals surface area contributed by atoms with Crippen LogP contribution in [0.4, 0.5) is 0 Å². The van der Waals surface area contributed by atoms with E-state index in [2.05, 4.69) is 18.1 Å². The Kier molecular flexibility index (Phi) is 28.1. The third kappa shape index (κ3) is 24.6. The minimum atomic E-state index is -0.945. The molecule has 158 valence electrons. The van der Waals surface area contributed by atoms with Gasteiger partial charge in [0.15, 0.2) is 0 Å². The maximum absolute atomic E-state index is 11.0. The van der Waals surface area contributed by atoms with Gasteiger partial charge in [-0.1, -0.05) is 76.4 Å². The average molecular weight is 418 g/mol. The van der Waals surface area contributed by atoms with Gasteiger partial charge < -0.3 is 9.90 Å². The van der Waals surface area contributed by atoms with Gasteiger partial charge in [-0.05, 0) is 51.6 Å². The van der Waals surface area contributed by atoms with Gasteiger partial charge in [0.25, 0.3) is 0 Å².